The topological polar surface area (TPSA) is 77.9 Å². The van der Waals surface area contributed by atoms with E-state index in [9.17, 15) is 4.79 Å². The largest absolute Gasteiger partial charge is 0.397 e. The second-order valence-electron chi connectivity index (χ2n) is 4.98. The van der Waals surface area contributed by atoms with Crippen molar-refractivity contribution in [2.24, 2.45) is 7.05 Å². The Hall–Kier alpha value is -2.24. The number of amides is 1. The SMILES string of the molecule is CCCn1cc(N)cc1C(=O)Nc1c(C)nn(C)c1C. The molecule has 0 saturated heterocycles. The molecule has 2 aromatic heterocycles. The molecule has 2 rings (SSSR count). The van der Waals surface area contributed by atoms with E-state index in [2.05, 4.69) is 17.3 Å². The lowest BCUT2D eigenvalue weighted by atomic mass is 10.3. The van der Waals surface area contributed by atoms with E-state index in [1.165, 1.54) is 0 Å². The number of aryl methyl sites for hydroxylation is 3. The third kappa shape index (κ3) is 2.54. The molecule has 108 valence electrons. The highest BCUT2D eigenvalue weighted by molar-refractivity contribution is 6.04. The van der Waals surface area contributed by atoms with Crippen LogP contribution in [0.15, 0.2) is 12.3 Å². The Morgan fingerprint density at radius 2 is 2.15 bits per heavy atom. The third-order valence-corrected chi connectivity index (χ3v) is 3.36. The number of rotatable bonds is 4. The molecule has 0 radical (unpaired) electrons. The van der Waals surface area contributed by atoms with Gasteiger partial charge in [0.05, 0.1) is 22.8 Å². The average Bonchev–Trinajstić information content (AvgIpc) is 2.85. The van der Waals surface area contributed by atoms with E-state index in [4.69, 9.17) is 5.73 Å². The first-order valence-electron chi connectivity index (χ1n) is 6.71. The Labute approximate surface area is 118 Å². The van der Waals surface area contributed by atoms with Gasteiger partial charge in [0, 0.05) is 19.8 Å². The van der Waals surface area contributed by atoms with Gasteiger partial charge in [-0.25, -0.2) is 0 Å². The van der Waals surface area contributed by atoms with E-state index >= 15 is 0 Å². The van der Waals surface area contributed by atoms with Crippen molar-refractivity contribution in [2.75, 3.05) is 11.1 Å². The van der Waals surface area contributed by atoms with Crippen LogP contribution < -0.4 is 11.1 Å². The Kier molecular flexibility index (Phi) is 3.83. The Morgan fingerprint density at radius 1 is 1.45 bits per heavy atom. The molecule has 0 atom stereocenters. The van der Waals surface area contributed by atoms with Gasteiger partial charge in [-0.05, 0) is 26.3 Å². The van der Waals surface area contributed by atoms with Crippen molar-refractivity contribution in [2.45, 2.75) is 33.7 Å². The number of carbonyl (C=O) groups excluding carboxylic acids is 1. The summed E-state index contributed by atoms with van der Waals surface area (Å²) in [5.41, 5.74) is 9.46. The molecule has 0 bridgehead atoms. The first-order valence-corrected chi connectivity index (χ1v) is 6.71. The number of aromatic nitrogens is 3. The van der Waals surface area contributed by atoms with Crippen molar-refractivity contribution in [1.29, 1.82) is 0 Å². The van der Waals surface area contributed by atoms with Gasteiger partial charge in [-0.2, -0.15) is 5.10 Å². The van der Waals surface area contributed by atoms with Gasteiger partial charge in [0.1, 0.15) is 5.69 Å². The fourth-order valence-electron chi connectivity index (χ4n) is 2.28. The van der Waals surface area contributed by atoms with Crippen molar-refractivity contribution < 1.29 is 4.79 Å². The maximum absolute atomic E-state index is 12.4. The van der Waals surface area contributed by atoms with E-state index in [0.29, 0.717) is 11.4 Å². The van der Waals surface area contributed by atoms with Gasteiger partial charge in [-0.15, -0.1) is 0 Å². The second kappa shape index (κ2) is 5.40. The number of nitrogens with two attached hydrogens (primary N) is 1. The molecule has 2 aromatic rings. The summed E-state index contributed by atoms with van der Waals surface area (Å²) in [6, 6.07) is 1.70. The first kappa shape index (κ1) is 14.2. The predicted octanol–water partition coefficient (Wildman–Crippen LogP) is 2.08. The van der Waals surface area contributed by atoms with Gasteiger partial charge in [-0.3, -0.25) is 9.48 Å². The van der Waals surface area contributed by atoms with E-state index in [-0.39, 0.29) is 5.91 Å². The highest BCUT2D eigenvalue weighted by Gasteiger charge is 2.17. The quantitative estimate of drug-likeness (QED) is 0.896. The summed E-state index contributed by atoms with van der Waals surface area (Å²) in [5.74, 6) is -0.158. The fourth-order valence-corrected chi connectivity index (χ4v) is 2.28. The summed E-state index contributed by atoms with van der Waals surface area (Å²) in [6.45, 7) is 6.63. The minimum absolute atomic E-state index is 0.158. The lowest BCUT2D eigenvalue weighted by Crippen LogP contribution is -2.17. The fraction of sp³-hybridized carbons (Fsp3) is 0.429. The zero-order valence-electron chi connectivity index (χ0n) is 12.4. The van der Waals surface area contributed by atoms with Crippen LogP contribution >= 0.6 is 0 Å². The van der Waals surface area contributed by atoms with Crippen LogP contribution in [0.3, 0.4) is 0 Å². The molecule has 0 saturated carbocycles. The number of hydrogen-bond donors (Lipinski definition) is 2. The van der Waals surface area contributed by atoms with Crippen molar-refractivity contribution in [1.82, 2.24) is 14.3 Å². The van der Waals surface area contributed by atoms with Crippen molar-refractivity contribution in [3.05, 3.63) is 29.3 Å². The van der Waals surface area contributed by atoms with Crippen LogP contribution in [0.1, 0.15) is 35.2 Å². The molecule has 20 heavy (non-hydrogen) atoms. The van der Waals surface area contributed by atoms with E-state index in [1.54, 1.807) is 16.9 Å². The van der Waals surface area contributed by atoms with Gasteiger partial charge in [-0.1, -0.05) is 6.92 Å². The van der Waals surface area contributed by atoms with Crippen LogP contribution in [0.2, 0.25) is 0 Å². The van der Waals surface area contributed by atoms with Crippen LogP contribution in [0.5, 0.6) is 0 Å². The van der Waals surface area contributed by atoms with Gasteiger partial charge < -0.3 is 15.6 Å². The van der Waals surface area contributed by atoms with Crippen LogP contribution in [-0.4, -0.2) is 20.3 Å². The van der Waals surface area contributed by atoms with Gasteiger partial charge in [0.25, 0.3) is 5.91 Å². The Bertz CT molecular complexity index is 638. The number of nitrogens with zero attached hydrogens (tertiary/aromatic N) is 3. The molecule has 1 amide bonds. The summed E-state index contributed by atoms with van der Waals surface area (Å²) in [6.07, 6.45) is 2.74. The molecule has 0 spiro atoms. The lowest BCUT2D eigenvalue weighted by molar-refractivity contribution is 0.101. The normalized spacial score (nSPS) is 10.8. The van der Waals surface area contributed by atoms with E-state index in [0.717, 1.165) is 30.0 Å². The number of anilines is 2. The van der Waals surface area contributed by atoms with Crippen LogP contribution in [0, 0.1) is 13.8 Å². The van der Waals surface area contributed by atoms with Gasteiger partial charge in [0.15, 0.2) is 0 Å². The molecular weight excluding hydrogens is 254 g/mol. The smallest absolute Gasteiger partial charge is 0.272 e. The Morgan fingerprint density at radius 3 is 2.70 bits per heavy atom. The second-order valence-corrected chi connectivity index (χ2v) is 4.98. The number of nitrogens with one attached hydrogen (secondary N) is 1. The molecule has 0 aromatic carbocycles. The third-order valence-electron chi connectivity index (χ3n) is 3.36. The van der Waals surface area contributed by atoms with Gasteiger partial charge in [0.2, 0.25) is 0 Å². The highest BCUT2D eigenvalue weighted by Crippen LogP contribution is 2.20. The maximum Gasteiger partial charge on any atom is 0.272 e. The molecular formula is C14H21N5O. The molecule has 0 aliphatic rings. The molecule has 0 aliphatic heterocycles. The summed E-state index contributed by atoms with van der Waals surface area (Å²) < 4.78 is 3.64. The van der Waals surface area contributed by atoms with E-state index in [1.807, 2.05) is 25.5 Å². The minimum atomic E-state index is -0.158. The molecule has 0 aliphatic carbocycles. The van der Waals surface area contributed by atoms with Crippen molar-refractivity contribution >= 4 is 17.3 Å². The molecule has 6 nitrogen and oxygen atoms in total. The number of carbonyl (C=O) groups is 1. The summed E-state index contributed by atoms with van der Waals surface area (Å²) in [4.78, 5) is 12.4. The molecule has 3 N–H and O–H groups in total. The summed E-state index contributed by atoms with van der Waals surface area (Å²) >= 11 is 0. The van der Waals surface area contributed by atoms with Gasteiger partial charge >= 0.3 is 0 Å². The highest BCUT2D eigenvalue weighted by atomic mass is 16.2. The first-order chi connectivity index (χ1) is 9.43. The summed E-state index contributed by atoms with van der Waals surface area (Å²) in [5, 5.41) is 7.22. The monoisotopic (exact) mass is 275 g/mol. The van der Waals surface area contributed by atoms with Crippen LogP contribution in [0.4, 0.5) is 11.4 Å². The standard InChI is InChI=1S/C14H21N5O/c1-5-6-19-8-11(15)7-12(19)14(20)16-13-9(2)17-18(4)10(13)3/h7-8H,5-6,15H2,1-4H3,(H,16,20). The molecule has 2 heterocycles. The van der Waals surface area contributed by atoms with Crippen LogP contribution in [0.25, 0.3) is 0 Å². The number of nitrogen functional groups attached to an aromatic ring is 1. The molecule has 0 unspecified atom stereocenters. The zero-order valence-corrected chi connectivity index (χ0v) is 12.4. The Balaban J connectivity index is 2.28. The molecule has 6 heteroatoms. The van der Waals surface area contributed by atoms with Crippen molar-refractivity contribution in [3.8, 4) is 0 Å². The zero-order chi connectivity index (χ0) is 14.9. The number of hydrogen-bond acceptors (Lipinski definition) is 3. The van der Waals surface area contributed by atoms with E-state index < -0.39 is 0 Å². The van der Waals surface area contributed by atoms with Crippen LogP contribution in [-0.2, 0) is 13.6 Å². The maximum atomic E-state index is 12.4. The average molecular weight is 275 g/mol. The summed E-state index contributed by atoms with van der Waals surface area (Å²) in [7, 11) is 1.86. The predicted molar refractivity (Wildman–Crippen MR) is 79.8 cm³/mol. The van der Waals surface area contributed by atoms with Crippen molar-refractivity contribution in [3.63, 3.8) is 0 Å². The minimum Gasteiger partial charge on any atom is -0.397 e. The molecule has 0 fully saturated rings. The lowest BCUT2D eigenvalue weighted by Gasteiger charge is -2.09.